The standard InChI is InChI=1S/C33H35N7O4/c1-38(18-21-8-5-4-6-9-21)27-16-25(37-40-28(17-35-32(27)40)33(41)36-24-11-12-29(24)42-2)23-19-39(31-22(23)10-7-14-34-31)26-13-15-44-20-30(26)43-3/h4-11,14,16-17,19,24,26,29-30H,12-13,15,18,20H2,1-3H3/p+1/t24-,26-,29-,30-/m0/s1. The van der Waals surface area contributed by atoms with Crippen LogP contribution in [0.4, 0.5) is 5.69 Å². The maximum atomic E-state index is 13.6. The minimum Gasteiger partial charge on any atom is -0.379 e. The van der Waals surface area contributed by atoms with Crippen LogP contribution >= 0.6 is 0 Å². The Morgan fingerprint density at radius 2 is 1.95 bits per heavy atom. The Balaban J connectivity index is 1.36. The Labute approximate surface area is 255 Å². The lowest BCUT2D eigenvalue weighted by Gasteiger charge is -2.31. The van der Waals surface area contributed by atoms with Gasteiger partial charge in [-0.3, -0.25) is 4.79 Å². The normalized spacial score (nSPS) is 21.6. The van der Waals surface area contributed by atoms with Crippen LogP contribution in [-0.2, 0) is 20.8 Å². The fourth-order valence-electron chi connectivity index (χ4n) is 6.25. The van der Waals surface area contributed by atoms with Crippen LogP contribution in [0.1, 0.15) is 34.9 Å². The van der Waals surface area contributed by atoms with Gasteiger partial charge in [-0.05, 0) is 30.2 Å². The highest BCUT2D eigenvalue weighted by atomic mass is 16.5. The summed E-state index contributed by atoms with van der Waals surface area (Å²) in [6.07, 6.45) is 9.04. The molecule has 2 fully saturated rings. The molecular formula is C33H36N7O4+. The van der Waals surface area contributed by atoms with Crippen molar-refractivity contribution >= 4 is 28.3 Å². The van der Waals surface area contributed by atoms with Crippen molar-refractivity contribution in [2.75, 3.05) is 39.4 Å². The van der Waals surface area contributed by atoms with E-state index < -0.39 is 0 Å². The first-order valence-corrected chi connectivity index (χ1v) is 14.9. The maximum Gasteiger partial charge on any atom is 0.275 e. The van der Waals surface area contributed by atoms with Crippen molar-refractivity contribution in [2.24, 2.45) is 0 Å². The van der Waals surface area contributed by atoms with E-state index in [2.05, 4.69) is 45.2 Å². The number of fused-ring (bicyclic) bond motifs is 2. The highest BCUT2D eigenvalue weighted by molar-refractivity contribution is 5.96. The van der Waals surface area contributed by atoms with E-state index in [1.54, 1.807) is 24.9 Å². The summed E-state index contributed by atoms with van der Waals surface area (Å²) in [5.74, 6) is -0.254. The van der Waals surface area contributed by atoms with Crippen molar-refractivity contribution in [3.8, 4) is 11.3 Å². The summed E-state index contributed by atoms with van der Waals surface area (Å²) in [5.41, 5.74) is 5.45. The second-order valence-corrected chi connectivity index (χ2v) is 11.4. The number of amides is 1. The van der Waals surface area contributed by atoms with Crippen LogP contribution in [0.5, 0.6) is 0 Å². The zero-order chi connectivity index (χ0) is 30.2. The summed E-state index contributed by atoms with van der Waals surface area (Å²) in [5, 5.41) is 9.08. The molecule has 7 rings (SSSR count). The molecule has 2 aliphatic rings. The van der Waals surface area contributed by atoms with E-state index in [4.69, 9.17) is 29.3 Å². The lowest BCUT2D eigenvalue weighted by atomic mass is 9.89. The third-order valence-corrected chi connectivity index (χ3v) is 8.77. The van der Waals surface area contributed by atoms with Gasteiger partial charge in [0, 0.05) is 57.8 Å². The molecular weight excluding hydrogens is 558 g/mol. The minimum atomic E-state index is -0.254. The van der Waals surface area contributed by atoms with Crippen molar-refractivity contribution < 1.29 is 19.0 Å². The van der Waals surface area contributed by atoms with Crippen molar-refractivity contribution in [1.29, 1.82) is 0 Å². The van der Waals surface area contributed by atoms with E-state index in [1.165, 1.54) is 0 Å². The zero-order valence-corrected chi connectivity index (χ0v) is 25.1. The minimum absolute atomic E-state index is 0.0334. The highest BCUT2D eigenvalue weighted by Crippen LogP contribution is 2.36. The second-order valence-electron chi connectivity index (χ2n) is 11.4. The van der Waals surface area contributed by atoms with Crippen LogP contribution in [0.25, 0.3) is 27.9 Å². The Bertz CT molecular complexity index is 1780. The molecule has 4 atom stereocenters. The average Bonchev–Trinajstić information content (AvgIpc) is 3.65. The van der Waals surface area contributed by atoms with E-state index in [-0.39, 0.29) is 30.2 Å². The van der Waals surface area contributed by atoms with E-state index in [9.17, 15) is 4.79 Å². The molecule has 226 valence electrons. The van der Waals surface area contributed by atoms with Crippen LogP contribution in [0.15, 0.2) is 67.1 Å². The summed E-state index contributed by atoms with van der Waals surface area (Å²) in [7, 11) is 5.41. The second kappa shape index (κ2) is 11.9. The number of methoxy groups -OCH3 is 2. The molecule has 0 spiro atoms. The number of hydrogen-bond donors (Lipinski definition) is 1. The van der Waals surface area contributed by atoms with Crippen LogP contribution in [-0.4, -0.2) is 82.8 Å². The van der Waals surface area contributed by atoms with Gasteiger partial charge >= 0.3 is 0 Å². The molecule has 0 bridgehead atoms. The molecule has 11 heteroatoms. The number of pyridine rings is 1. The van der Waals surface area contributed by atoms with E-state index >= 15 is 0 Å². The van der Waals surface area contributed by atoms with Gasteiger partial charge in [-0.25, -0.2) is 14.5 Å². The molecule has 1 amide bonds. The monoisotopic (exact) mass is 594 g/mol. The van der Waals surface area contributed by atoms with Gasteiger partial charge in [0.05, 0.1) is 30.2 Å². The van der Waals surface area contributed by atoms with E-state index in [0.29, 0.717) is 36.8 Å². The van der Waals surface area contributed by atoms with Gasteiger partial charge in [0.2, 0.25) is 6.04 Å². The fraction of sp³-hybridized carbons (Fsp3) is 0.364. The molecule has 1 aliphatic heterocycles. The highest BCUT2D eigenvalue weighted by Gasteiger charge is 2.42. The number of rotatable bonds is 9. The number of hydrogen-bond acceptors (Lipinski definition) is 8. The van der Waals surface area contributed by atoms with Gasteiger partial charge in [-0.15, -0.1) is 0 Å². The Morgan fingerprint density at radius 3 is 2.73 bits per heavy atom. The molecule has 1 N–H and O–H groups in total. The van der Waals surface area contributed by atoms with Gasteiger partial charge in [-0.2, -0.15) is 5.10 Å². The molecule has 44 heavy (non-hydrogen) atoms. The van der Waals surface area contributed by atoms with Gasteiger partial charge < -0.3 is 29.0 Å². The molecule has 0 unspecified atom stereocenters. The summed E-state index contributed by atoms with van der Waals surface area (Å²) in [6, 6.07) is 16.2. The number of benzene rings is 1. The summed E-state index contributed by atoms with van der Waals surface area (Å²) in [4.78, 5) is 25.2. The largest absolute Gasteiger partial charge is 0.379 e. The third kappa shape index (κ3) is 5.06. The van der Waals surface area contributed by atoms with Gasteiger partial charge in [0.1, 0.15) is 24.6 Å². The molecule has 5 aromatic rings. The topological polar surface area (TPSA) is 108 Å². The van der Waals surface area contributed by atoms with Crippen molar-refractivity contribution in [1.82, 2.24) is 29.5 Å². The first-order chi connectivity index (χ1) is 21.6. The molecule has 5 heterocycles. The molecule has 11 nitrogen and oxygen atoms in total. The molecule has 1 aromatic carbocycles. The lowest BCUT2D eigenvalue weighted by molar-refractivity contribution is -0.0592. The number of carbonyl (C=O) groups is 1. The number of aromatic nitrogens is 5. The van der Waals surface area contributed by atoms with Crippen LogP contribution in [0.3, 0.4) is 0 Å². The third-order valence-electron chi connectivity index (χ3n) is 8.77. The molecule has 0 radical (unpaired) electrons. The van der Waals surface area contributed by atoms with Gasteiger partial charge in [-0.1, -0.05) is 30.3 Å². The number of ether oxygens (including phenoxy) is 3. The van der Waals surface area contributed by atoms with E-state index in [0.717, 1.165) is 40.7 Å². The number of imidazole rings is 1. The SMILES string of the molecule is CO[C@H]1C[CH+][C@@H]1NC(=O)c1cnc2c(N(C)Cc3ccccc3)cc(-c3cn([C@H]4CCOC[C@@H]4OC)c4ncccc34)nn12. The number of nitrogens with zero attached hydrogens (tertiary/aromatic N) is 6. The number of carbonyl (C=O) groups excluding carboxylic acids is 1. The summed E-state index contributed by atoms with van der Waals surface area (Å²) >= 11 is 0. The van der Waals surface area contributed by atoms with Gasteiger partial charge in [0.25, 0.3) is 5.91 Å². The van der Waals surface area contributed by atoms with Crippen molar-refractivity contribution in [3.05, 3.63) is 84.8 Å². The number of nitrogens with one attached hydrogen (secondary N) is 1. The predicted molar refractivity (Wildman–Crippen MR) is 167 cm³/mol. The molecule has 4 aromatic heterocycles. The van der Waals surface area contributed by atoms with Crippen molar-refractivity contribution in [3.63, 3.8) is 0 Å². The molecule has 1 aliphatic carbocycles. The maximum absolute atomic E-state index is 13.6. The summed E-state index contributed by atoms with van der Waals surface area (Å²) < 4.78 is 20.9. The van der Waals surface area contributed by atoms with Gasteiger partial charge in [0.15, 0.2) is 17.4 Å². The van der Waals surface area contributed by atoms with E-state index in [1.807, 2.05) is 43.9 Å². The molecule has 1 saturated heterocycles. The summed E-state index contributed by atoms with van der Waals surface area (Å²) in [6.45, 7) is 1.83. The average molecular weight is 595 g/mol. The smallest absolute Gasteiger partial charge is 0.275 e. The Kier molecular flexibility index (Phi) is 7.67. The zero-order valence-electron chi connectivity index (χ0n) is 25.1. The Morgan fingerprint density at radius 1 is 1.11 bits per heavy atom. The fourth-order valence-corrected chi connectivity index (χ4v) is 6.25. The van der Waals surface area contributed by atoms with Crippen LogP contribution < -0.4 is 10.2 Å². The van der Waals surface area contributed by atoms with Crippen molar-refractivity contribution in [2.45, 2.75) is 43.7 Å². The molecule has 1 saturated carbocycles. The number of anilines is 1. The van der Waals surface area contributed by atoms with Crippen LogP contribution in [0, 0.1) is 6.42 Å². The van der Waals surface area contributed by atoms with Crippen LogP contribution in [0.2, 0.25) is 0 Å². The predicted octanol–water partition coefficient (Wildman–Crippen LogP) is 4.08. The quantitative estimate of drug-likeness (QED) is 0.255. The lowest BCUT2D eigenvalue weighted by Crippen LogP contribution is -2.51. The Hall–Kier alpha value is -4.45. The first-order valence-electron chi connectivity index (χ1n) is 14.9. The first kappa shape index (κ1) is 28.3.